The van der Waals surface area contributed by atoms with E-state index in [0.717, 1.165) is 13.0 Å². The van der Waals surface area contributed by atoms with E-state index in [2.05, 4.69) is 40.9 Å². The van der Waals surface area contributed by atoms with Crippen LogP contribution in [0.4, 0.5) is 0 Å². The normalized spacial score (nSPS) is 13.2. The molecule has 0 saturated heterocycles. The lowest BCUT2D eigenvalue weighted by Crippen LogP contribution is -2.10. The standard InChI is InChI=1S/C12H16N2S/c1-9(7-8-13-2)12-10-5-3-4-6-11(10)15-14-12/h3-6,9,13H,7-8H2,1-2H3. The van der Waals surface area contributed by atoms with E-state index in [0.29, 0.717) is 5.92 Å². The summed E-state index contributed by atoms with van der Waals surface area (Å²) in [5.41, 5.74) is 1.26. The van der Waals surface area contributed by atoms with Crippen molar-refractivity contribution < 1.29 is 0 Å². The first-order chi connectivity index (χ1) is 7.33. The van der Waals surface area contributed by atoms with Crippen LogP contribution < -0.4 is 5.32 Å². The highest BCUT2D eigenvalue weighted by Crippen LogP contribution is 2.29. The molecule has 0 radical (unpaired) electrons. The zero-order valence-electron chi connectivity index (χ0n) is 9.16. The first kappa shape index (κ1) is 10.6. The fraction of sp³-hybridized carbons (Fsp3) is 0.417. The Morgan fingerprint density at radius 2 is 2.20 bits per heavy atom. The molecule has 0 fully saturated rings. The molecule has 0 saturated carbocycles. The molecule has 0 aliphatic carbocycles. The lowest BCUT2D eigenvalue weighted by atomic mass is 10.0. The van der Waals surface area contributed by atoms with Gasteiger partial charge in [-0.3, -0.25) is 0 Å². The molecule has 1 atom stereocenters. The van der Waals surface area contributed by atoms with Crippen LogP contribution in [0.3, 0.4) is 0 Å². The lowest BCUT2D eigenvalue weighted by Gasteiger charge is -2.08. The smallest absolute Gasteiger partial charge is 0.0649 e. The van der Waals surface area contributed by atoms with Crippen molar-refractivity contribution in [3.05, 3.63) is 30.0 Å². The van der Waals surface area contributed by atoms with Gasteiger partial charge in [-0.25, -0.2) is 0 Å². The van der Waals surface area contributed by atoms with Crippen molar-refractivity contribution in [1.29, 1.82) is 0 Å². The molecular weight excluding hydrogens is 204 g/mol. The maximum absolute atomic E-state index is 4.56. The van der Waals surface area contributed by atoms with Gasteiger partial charge in [0.1, 0.15) is 0 Å². The van der Waals surface area contributed by atoms with Crippen LogP contribution in [-0.4, -0.2) is 18.0 Å². The van der Waals surface area contributed by atoms with E-state index in [9.17, 15) is 0 Å². The van der Waals surface area contributed by atoms with Gasteiger partial charge in [-0.05, 0) is 37.6 Å². The maximum Gasteiger partial charge on any atom is 0.0649 e. The van der Waals surface area contributed by atoms with Crippen molar-refractivity contribution in [3.63, 3.8) is 0 Å². The van der Waals surface area contributed by atoms with E-state index in [1.165, 1.54) is 15.8 Å². The maximum atomic E-state index is 4.56. The quantitative estimate of drug-likeness (QED) is 0.856. The minimum atomic E-state index is 0.536. The van der Waals surface area contributed by atoms with Gasteiger partial charge in [0.05, 0.1) is 10.4 Å². The van der Waals surface area contributed by atoms with Crippen LogP contribution in [0.25, 0.3) is 10.1 Å². The Kier molecular flexibility index (Phi) is 3.34. The predicted molar refractivity (Wildman–Crippen MR) is 66.6 cm³/mol. The second kappa shape index (κ2) is 4.73. The van der Waals surface area contributed by atoms with Gasteiger partial charge in [-0.15, -0.1) is 0 Å². The molecule has 1 aromatic heterocycles. The summed E-state index contributed by atoms with van der Waals surface area (Å²) in [7, 11) is 1.99. The Morgan fingerprint density at radius 1 is 1.40 bits per heavy atom. The predicted octanol–water partition coefficient (Wildman–Crippen LogP) is 3.01. The van der Waals surface area contributed by atoms with Gasteiger partial charge in [0.15, 0.2) is 0 Å². The fourth-order valence-electron chi connectivity index (χ4n) is 1.76. The van der Waals surface area contributed by atoms with Crippen molar-refractivity contribution in [3.8, 4) is 0 Å². The van der Waals surface area contributed by atoms with Gasteiger partial charge < -0.3 is 5.32 Å². The average Bonchev–Trinajstić information content (AvgIpc) is 2.69. The second-order valence-electron chi connectivity index (χ2n) is 3.86. The summed E-state index contributed by atoms with van der Waals surface area (Å²) in [4.78, 5) is 0. The zero-order valence-corrected chi connectivity index (χ0v) is 9.97. The highest BCUT2D eigenvalue weighted by Gasteiger charge is 2.12. The van der Waals surface area contributed by atoms with E-state index in [1.807, 2.05) is 7.05 Å². The van der Waals surface area contributed by atoms with Gasteiger partial charge in [0.2, 0.25) is 0 Å². The van der Waals surface area contributed by atoms with Crippen molar-refractivity contribution in [2.45, 2.75) is 19.3 Å². The average molecular weight is 220 g/mol. The Balaban J connectivity index is 2.27. The molecule has 1 unspecified atom stereocenters. The Hall–Kier alpha value is -0.930. The van der Waals surface area contributed by atoms with E-state index < -0.39 is 0 Å². The van der Waals surface area contributed by atoms with Crippen LogP contribution in [-0.2, 0) is 0 Å². The van der Waals surface area contributed by atoms with Crippen molar-refractivity contribution >= 4 is 21.6 Å². The third kappa shape index (κ3) is 2.19. The number of nitrogens with zero attached hydrogens (tertiary/aromatic N) is 1. The number of fused-ring (bicyclic) bond motifs is 1. The van der Waals surface area contributed by atoms with Crippen molar-refractivity contribution in [1.82, 2.24) is 9.69 Å². The topological polar surface area (TPSA) is 24.9 Å². The molecule has 2 aromatic rings. The Morgan fingerprint density at radius 3 is 3.00 bits per heavy atom. The summed E-state index contributed by atoms with van der Waals surface area (Å²) in [5, 5.41) is 4.51. The highest BCUT2D eigenvalue weighted by molar-refractivity contribution is 7.13. The molecule has 2 nitrogen and oxygen atoms in total. The summed E-state index contributed by atoms with van der Waals surface area (Å²) in [6.07, 6.45) is 1.14. The van der Waals surface area contributed by atoms with Gasteiger partial charge >= 0.3 is 0 Å². The molecule has 0 aliphatic heterocycles. The molecule has 0 amide bonds. The number of hydrogen-bond donors (Lipinski definition) is 1. The van der Waals surface area contributed by atoms with Crippen LogP contribution >= 0.6 is 11.5 Å². The first-order valence-electron chi connectivity index (χ1n) is 5.32. The molecule has 1 aromatic carbocycles. The van der Waals surface area contributed by atoms with Crippen molar-refractivity contribution in [2.75, 3.05) is 13.6 Å². The van der Waals surface area contributed by atoms with Crippen LogP contribution in [0.5, 0.6) is 0 Å². The summed E-state index contributed by atoms with van der Waals surface area (Å²) < 4.78 is 5.86. The van der Waals surface area contributed by atoms with E-state index in [1.54, 1.807) is 11.5 Å². The lowest BCUT2D eigenvalue weighted by molar-refractivity contribution is 0.631. The molecule has 0 aliphatic rings. The molecular formula is C12H16N2S. The van der Waals surface area contributed by atoms with Crippen molar-refractivity contribution in [2.24, 2.45) is 0 Å². The molecule has 2 rings (SSSR count). The van der Waals surface area contributed by atoms with E-state index >= 15 is 0 Å². The Labute approximate surface area is 94.5 Å². The van der Waals surface area contributed by atoms with Gasteiger partial charge in [0.25, 0.3) is 0 Å². The number of nitrogens with one attached hydrogen (secondary N) is 1. The second-order valence-corrected chi connectivity index (χ2v) is 4.66. The number of aromatic nitrogens is 1. The van der Waals surface area contributed by atoms with Crippen LogP contribution in [0, 0.1) is 0 Å². The molecule has 1 N–H and O–H groups in total. The molecule has 15 heavy (non-hydrogen) atoms. The van der Waals surface area contributed by atoms with Crippen LogP contribution in [0.2, 0.25) is 0 Å². The zero-order chi connectivity index (χ0) is 10.7. The van der Waals surface area contributed by atoms with Crippen LogP contribution in [0.15, 0.2) is 24.3 Å². The third-order valence-electron chi connectivity index (χ3n) is 2.70. The van der Waals surface area contributed by atoms with E-state index in [-0.39, 0.29) is 0 Å². The molecule has 3 heteroatoms. The number of hydrogen-bond acceptors (Lipinski definition) is 3. The SMILES string of the molecule is CNCCC(C)c1nsc2ccccc12. The minimum Gasteiger partial charge on any atom is -0.320 e. The summed E-state index contributed by atoms with van der Waals surface area (Å²) in [6, 6.07) is 8.47. The van der Waals surface area contributed by atoms with Crippen LogP contribution in [0.1, 0.15) is 25.0 Å². The molecule has 1 heterocycles. The first-order valence-corrected chi connectivity index (χ1v) is 6.09. The monoisotopic (exact) mass is 220 g/mol. The summed E-state index contributed by atoms with van der Waals surface area (Å²) in [5.74, 6) is 0.536. The minimum absolute atomic E-state index is 0.536. The Bertz CT molecular complexity index is 436. The summed E-state index contributed by atoms with van der Waals surface area (Å²) >= 11 is 1.61. The molecule has 80 valence electrons. The highest BCUT2D eigenvalue weighted by atomic mass is 32.1. The third-order valence-corrected chi connectivity index (χ3v) is 3.54. The number of rotatable bonds is 4. The fourth-order valence-corrected chi connectivity index (χ4v) is 2.64. The van der Waals surface area contributed by atoms with E-state index in [4.69, 9.17) is 0 Å². The largest absolute Gasteiger partial charge is 0.320 e. The van der Waals surface area contributed by atoms with Gasteiger partial charge in [-0.2, -0.15) is 4.37 Å². The molecule has 0 bridgehead atoms. The summed E-state index contributed by atoms with van der Waals surface area (Å²) in [6.45, 7) is 3.30. The number of benzene rings is 1. The van der Waals surface area contributed by atoms with Gasteiger partial charge in [-0.1, -0.05) is 25.1 Å². The van der Waals surface area contributed by atoms with Gasteiger partial charge in [0, 0.05) is 11.3 Å². The molecule has 0 spiro atoms.